The quantitative estimate of drug-likeness (QED) is 0.465. The lowest BCUT2D eigenvalue weighted by molar-refractivity contribution is -0.129. The molecule has 0 fully saturated rings. The number of carboxylic acid groups (broad SMARTS) is 1. The van der Waals surface area contributed by atoms with Crippen molar-refractivity contribution >= 4 is 11.7 Å². The zero-order valence-corrected chi connectivity index (χ0v) is 15.6. The summed E-state index contributed by atoms with van der Waals surface area (Å²) in [6.45, 7) is 3.69. The number of ether oxygens (including phenoxy) is 1. The van der Waals surface area contributed by atoms with Crippen LogP contribution in [0.4, 0.5) is 0 Å². The van der Waals surface area contributed by atoms with E-state index in [0.717, 1.165) is 22.6 Å². The zero-order chi connectivity index (χ0) is 19.9. The van der Waals surface area contributed by atoms with Gasteiger partial charge in [0, 0.05) is 5.56 Å². The zero-order valence-electron chi connectivity index (χ0n) is 15.6. The molecule has 7 nitrogen and oxygen atoms in total. The average Bonchev–Trinajstić information content (AvgIpc) is 3.08. The summed E-state index contributed by atoms with van der Waals surface area (Å²) in [4.78, 5) is 20.2. The van der Waals surface area contributed by atoms with Gasteiger partial charge < -0.3 is 19.1 Å². The maximum atomic E-state index is 10.6. The molecule has 0 amide bonds. The molecule has 0 radical (unpaired) electrons. The van der Waals surface area contributed by atoms with Gasteiger partial charge in [-0.3, -0.25) is 0 Å². The maximum absolute atomic E-state index is 10.6. The van der Waals surface area contributed by atoms with Crippen LogP contribution in [0.3, 0.4) is 0 Å². The fourth-order valence-corrected chi connectivity index (χ4v) is 2.34. The van der Waals surface area contributed by atoms with Crippen LogP contribution in [0, 0.1) is 6.92 Å². The molecule has 144 valence electrons. The lowest BCUT2D eigenvalue weighted by atomic mass is 10.2. The van der Waals surface area contributed by atoms with E-state index in [1.807, 2.05) is 49.4 Å². The number of rotatable bonds is 8. The van der Waals surface area contributed by atoms with Gasteiger partial charge in [-0.2, -0.15) is 0 Å². The first-order valence-corrected chi connectivity index (χ1v) is 8.66. The maximum Gasteiger partial charge on any atom is 0.353 e. The van der Waals surface area contributed by atoms with Gasteiger partial charge in [0.05, 0.1) is 0 Å². The van der Waals surface area contributed by atoms with Crippen LogP contribution in [0.15, 0.2) is 64.2 Å². The predicted octanol–water partition coefficient (Wildman–Crippen LogP) is 4.21. The third-order valence-corrected chi connectivity index (χ3v) is 3.95. The normalized spacial score (nSPS) is 11.3. The molecule has 3 rings (SSSR count). The first-order chi connectivity index (χ1) is 13.5. The molecule has 0 aliphatic rings. The largest absolute Gasteiger partial charge is 0.487 e. The molecule has 0 atom stereocenters. The number of oxime groups is 1. The number of benzene rings is 2. The van der Waals surface area contributed by atoms with E-state index in [1.165, 1.54) is 6.92 Å². The molecular weight excluding hydrogens is 360 g/mol. The van der Waals surface area contributed by atoms with Crippen LogP contribution >= 0.6 is 0 Å². The SMILES string of the molecule is C/C(=N/OCc1ccc(OCc2nc(-c3ccccc3)oc2C)cc1)C(=O)O. The Bertz CT molecular complexity index is 962. The summed E-state index contributed by atoms with van der Waals surface area (Å²) in [5.74, 6) is 0.858. The van der Waals surface area contributed by atoms with Gasteiger partial charge in [-0.15, -0.1) is 0 Å². The van der Waals surface area contributed by atoms with Crippen molar-refractivity contribution in [1.82, 2.24) is 4.98 Å². The molecule has 0 aliphatic heterocycles. The molecule has 0 bridgehead atoms. The van der Waals surface area contributed by atoms with Crippen LogP contribution in [-0.2, 0) is 22.8 Å². The highest BCUT2D eigenvalue weighted by Gasteiger charge is 2.12. The Hall–Kier alpha value is -3.61. The summed E-state index contributed by atoms with van der Waals surface area (Å²) >= 11 is 0. The van der Waals surface area contributed by atoms with Crippen molar-refractivity contribution in [3.8, 4) is 17.2 Å². The van der Waals surface area contributed by atoms with Crippen molar-refractivity contribution in [2.75, 3.05) is 0 Å². The molecule has 0 aliphatic carbocycles. The van der Waals surface area contributed by atoms with E-state index in [-0.39, 0.29) is 12.3 Å². The topological polar surface area (TPSA) is 94.2 Å². The van der Waals surface area contributed by atoms with Crippen LogP contribution in [0.2, 0.25) is 0 Å². The number of aryl methyl sites for hydroxylation is 1. The third kappa shape index (κ3) is 4.97. The van der Waals surface area contributed by atoms with E-state index < -0.39 is 5.97 Å². The van der Waals surface area contributed by atoms with Crippen molar-refractivity contribution in [1.29, 1.82) is 0 Å². The van der Waals surface area contributed by atoms with Gasteiger partial charge >= 0.3 is 5.97 Å². The van der Waals surface area contributed by atoms with Crippen molar-refractivity contribution in [2.45, 2.75) is 27.1 Å². The van der Waals surface area contributed by atoms with E-state index in [9.17, 15) is 4.79 Å². The Labute approximate surface area is 162 Å². The monoisotopic (exact) mass is 380 g/mol. The first kappa shape index (κ1) is 19.2. The second-order valence-electron chi connectivity index (χ2n) is 6.08. The number of hydrogen-bond donors (Lipinski definition) is 1. The number of oxazole rings is 1. The highest BCUT2D eigenvalue weighted by atomic mass is 16.6. The predicted molar refractivity (Wildman–Crippen MR) is 103 cm³/mol. The molecule has 0 unspecified atom stereocenters. The summed E-state index contributed by atoms with van der Waals surface area (Å²) in [6.07, 6.45) is 0. The summed E-state index contributed by atoms with van der Waals surface area (Å²) in [5, 5.41) is 12.2. The van der Waals surface area contributed by atoms with E-state index in [1.54, 1.807) is 12.1 Å². The molecule has 2 aromatic carbocycles. The summed E-state index contributed by atoms with van der Waals surface area (Å²) in [6, 6.07) is 17.0. The van der Waals surface area contributed by atoms with Crippen LogP contribution in [-0.4, -0.2) is 21.8 Å². The number of aromatic nitrogens is 1. The summed E-state index contributed by atoms with van der Waals surface area (Å²) in [5.41, 5.74) is 2.41. The second-order valence-corrected chi connectivity index (χ2v) is 6.08. The number of carboxylic acids is 1. The average molecular weight is 380 g/mol. The molecule has 0 saturated carbocycles. The standard InChI is InChI=1S/C21H20N2O5/c1-14(21(24)25)23-27-12-16-8-10-18(11-9-16)26-13-19-15(2)28-20(22-19)17-6-4-3-5-7-17/h3-11H,12-13H2,1-2H3,(H,24,25)/b23-14-. The molecule has 1 heterocycles. The number of carbonyl (C=O) groups is 1. The Morgan fingerprint density at radius 3 is 2.50 bits per heavy atom. The lowest BCUT2D eigenvalue weighted by Crippen LogP contribution is -2.08. The van der Waals surface area contributed by atoms with Gasteiger partial charge in [0.15, 0.2) is 5.71 Å². The molecule has 7 heteroatoms. The van der Waals surface area contributed by atoms with Crippen molar-refractivity contribution in [3.63, 3.8) is 0 Å². The van der Waals surface area contributed by atoms with Crippen molar-refractivity contribution in [3.05, 3.63) is 71.6 Å². The molecule has 1 N–H and O–H groups in total. The number of nitrogens with zero attached hydrogens (tertiary/aromatic N) is 2. The van der Waals surface area contributed by atoms with Gasteiger partial charge in [-0.05, 0) is 43.7 Å². The first-order valence-electron chi connectivity index (χ1n) is 8.66. The highest BCUT2D eigenvalue weighted by molar-refractivity contribution is 6.34. The van der Waals surface area contributed by atoms with Crippen LogP contribution in [0.5, 0.6) is 5.75 Å². The molecule has 0 saturated heterocycles. The Kier molecular flexibility index (Phi) is 6.06. The van der Waals surface area contributed by atoms with E-state index in [0.29, 0.717) is 18.2 Å². The number of aliphatic carboxylic acids is 1. The molecule has 28 heavy (non-hydrogen) atoms. The molecule has 3 aromatic rings. The van der Waals surface area contributed by atoms with Gasteiger partial charge in [0.25, 0.3) is 0 Å². The lowest BCUT2D eigenvalue weighted by Gasteiger charge is -2.06. The van der Waals surface area contributed by atoms with Crippen LogP contribution in [0.1, 0.15) is 23.9 Å². The van der Waals surface area contributed by atoms with Gasteiger partial charge in [0.2, 0.25) is 5.89 Å². The minimum atomic E-state index is -1.11. The second kappa shape index (κ2) is 8.85. The van der Waals surface area contributed by atoms with Gasteiger partial charge in [-0.25, -0.2) is 9.78 Å². The summed E-state index contributed by atoms with van der Waals surface area (Å²) < 4.78 is 11.5. The molecular formula is C21H20N2O5. The Morgan fingerprint density at radius 2 is 1.82 bits per heavy atom. The van der Waals surface area contributed by atoms with E-state index >= 15 is 0 Å². The van der Waals surface area contributed by atoms with Crippen LogP contribution in [0.25, 0.3) is 11.5 Å². The minimum absolute atomic E-state index is 0.0993. The number of hydrogen-bond acceptors (Lipinski definition) is 6. The molecule has 0 spiro atoms. The highest BCUT2D eigenvalue weighted by Crippen LogP contribution is 2.22. The Morgan fingerprint density at radius 1 is 1.11 bits per heavy atom. The van der Waals surface area contributed by atoms with E-state index in [4.69, 9.17) is 19.1 Å². The van der Waals surface area contributed by atoms with Crippen molar-refractivity contribution < 1.29 is 23.9 Å². The summed E-state index contributed by atoms with van der Waals surface area (Å²) in [7, 11) is 0. The van der Waals surface area contributed by atoms with Crippen LogP contribution < -0.4 is 4.74 Å². The van der Waals surface area contributed by atoms with Gasteiger partial charge in [-0.1, -0.05) is 35.5 Å². The van der Waals surface area contributed by atoms with E-state index in [2.05, 4.69) is 10.1 Å². The smallest absolute Gasteiger partial charge is 0.353 e. The third-order valence-electron chi connectivity index (χ3n) is 3.95. The fraction of sp³-hybridized carbons (Fsp3) is 0.190. The minimum Gasteiger partial charge on any atom is -0.487 e. The van der Waals surface area contributed by atoms with Gasteiger partial charge in [0.1, 0.15) is 30.4 Å². The fourth-order valence-electron chi connectivity index (χ4n) is 2.34. The molecule has 1 aromatic heterocycles. The Balaban J connectivity index is 1.56. The van der Waals surface area contributed by atoms with Crippen molar-refractivity contribution in [2.24, 2.45) is 5.16 Å².